The SMILES string of the molecule is O=C1CCOCC1C(=O)c1ccccc1. The van der Waals surface area contributed by atoms with E-state index in [2.05, 4.69) is 0 Å². The number of hydrogen-bond acceptors (Lipinski definition) is 3. The first-order valence-corrected chi connectivity index (χ1v) is 4.99. The zero-order chi connectivity index (χ0) is 10.7. The number of Topliss-reactive ketones (excluding diaryl/α,β-unsaturated/α-hetero) is 2. The van der Waals surface area contributed by atoms with E-state index in [1.807, 2.05) is 6.07 Å². The lowest BCUT2D eigenvalue weighted by atomic mass is 9.92. The van der Waals surface area contributed by atoms with Crippen LogP contribution in [0.5, 0.6) is 0 Å². The maximum atomic E-state index is 11.9. The van der Waals surface area contributed by atoms with Gasteiger partial charge < -0.3 is 4.74 Å². The molecule has 1 fully saturated rings. The van der Waals surface area contributed by atoms with Crippen molar-refractivity contribution in [1.29, 1.82) is 0 Å². The van der Waals surface area contributed by atoms with Gasteiger partial charge in [0.05, 0.1) is 13.2 Å². The first-order valence-electron chi connectivity index (χ1n) is 4.99. The van der Waals surface area contributed by atoms with E-state index in [-0.39, 0.29) is 18.2 Å². The van der Waals surface area contributed by atoms with Crippen molar-refractivity contribution in [3.05, 3.63) is 35.9 Å². The molecule has 15 heavy (non-hydrogen) atoms. The second kappa shape index (κ2) is 4.36. The summed E-state index contributed by atoms with van der Waals surface area (Å²) in [4.78, 5) is 23.4. The predicted octanol–water partition coefficient (Wildman–Crippen LogP) is 1.47. The maximum Gasteiger partial charge on any atom is 0.175 e. The van der Waals surface area contributed by atoms with Crippen LogP contribution in [0.25, 0.3) is 0 Å². The van der Waals surface area contributed by atoms with Crippen molar-refractivity contribution >= 4 is 11.6 Å². The Morgan fingerprint density at radius 3 is 2.67 bits per heavy atom. The fourth-order valence-corrected chi connectivity index (χ4v) is 1.67. The second-order valence-electron chi connectivity index (χ2n) is 3.57. The zero-order valence-electron chi connectivity index (χ0n) is 8.31. The molecule has 0 aliphatic carbocycles. The molecule has 0 spiro atoms. The molecule has 1 unspecified atom stereocenters. The molecule has 1 saturated heterocycles. The Morgan fingerprint density at radius 1 is 1.27 bits per heavy atom. The number of carbonyl (C=O) groups excluding carboxylic acids is 2. The van der Waals surface area contributed by atoms with Crippen LogP contribution in [0.15, 0.2) is 30.3 Å². The highest BCUT2D eigenvalue weighted by Crippen LogP contribution is 2.15. The van der Waals surface area contributed by atoms with Crippen LogP contribution in [0.3, 0.4) is 0 Å². The Balaban J connectivity index is 2.17. The zero-order valence-corrected chi connectivity index (χ0v) is 8.31. The van der Waals surface area contributed by atoms with Gasteiger partial charge in [-0.3, -0.25) is 9.59 Å². The van der Waals surface area contributed by atoms with E-state index in [0.29, 0.717) is 18.6 Å². The topological polar surface area (TPSA) is 43.4 Å². The average Bonchev–Trinajstić information content (AvgIpc) is 2.30. The number of ether oxygens (including phenoxy) is 1. The predicted molar refractivity (Wildman–Crippen MR) is 54.7 cm³/mol. The van der Waals surface area contributed by atoms with Gasteiger partial charge in [0, 0.05) is 12.0 Å². The standard InChI is InChI=1S/C12H12O3/c13-11-6-7-15-8-10(11)12(14)9-4-2-1-3-5-9/h1-5,10H,6-8H2. The molecular formula is C12H12O3. The number of ketones is 2. The number of hydrogen-bond donors (Lipinski definition) is 0. The van der Waals surface area contributed by atoms with Gasteiger partial charge in [0.2, 0.25) is 0 Å². The monoisotopic (exact) mass is 204 g/mol. The van der Waals surface area contributed by atoms with E-state index in [1.54, 1.807) is 24.3 Å². The van der Waals surface area contributed by atoms with Crippen LogP contribution in [-0.4, -0.2) is 24.8 Å². The van der Waals surface area contributed by atoms with E-state index in [9.17, 15) is 9.59 Å². The van der Waals surface area contributed by atoms with Crippen LogP contribution in [0.2, 0.25) is 0 Å². The van der Waals surface area contributed by atoms with Crippen molar-refractivity contribution in [3.63, 3.8) is 0 Å². The van der Waals surface area contributed by atoms with Crippen molar-refractivity contribution in [1.82, 2.24) is 0 Å². The van der Waals surface area contributed by atoms with Gasteiger partial charge in [-0.05, 0) is 0 Å². The minimum atomic E-state index is -0.596. The Hall–Kier alpha value is -1.48. The van der Waals surface area contributed by atoms with Crippen LogP contribution in [0.4, 0.5) is 0 Å². The Morgan fingerprint density at radius 2 is 2.00 bits per heavy atom. The first-order chi connectivity index (χ1) is 7.29. The van der Waals surface area contributed by atoms with Crippen LogP contribution >= 0.6 is 0 Å². The number of rotatable bonds is 2. The highest BCUT2D eigenvalue weighted by Gasteiger charge is 2.30. The van der Waals surface area contributed by atoms with Crippen molar-refractivity contribution in [2.24, 2.45) is 5.92 Å². The fraction of sp³-hybridized carbons (Fsp3) is 0.333. The van der Waals surface area contributed by atoms with Crippen molar-refractivity contribution in [2.75, 3.05) is 13.2 Å². The van der Waals surface area contributed by atoms with E-state index < -0.39 is 5.92 Å². The number of carbonyl (C=O) groups is 2. The van der Waals surface area contributed by atoms with Crippen molar-refractivity contribution in [3.8, 4) is 0 Å². The molecule has 0 aromatic heterocycles. The second-order valence-corrected chi connectivity index (χ2v) is 3.57. The van der Waals surface area contributed by atoms with Crippen LogP contribution in [0.1, 0.15) is 16.8 Å². The Bertz CT molecular complexity index is 370. The molecule has 1 heterocycles. The van der Waals surface area contributed by atoms with E-state index in [4.69, 9.17) is 4.74 Å². The van der Waals surface area contributed by atoms with Gasteiger partial charge >= 0.3 is 0 Å². The molecule has 0 radical (unpaired) electrons. The largest absolute Gasteiger partial charge is 0.380 e. The van der Waals surface area contributed by atoms with E-state index in [1.165, 1.54) is 0 Å². The third kappa shape index (κ3) is 2.13. The lowest BCUT2D eigenvalue weighted by Crippen LogP contribution is -2.33. The molecular weight excluding hydrogens is 192 g/mol. The molecule has 1 aliphatic rings. The Labute approximate surface area is 88.1 Å². The summed E-state index contributed by atoms with van der Waals surface area (Å²) in [5.41, 5.74) is 0.585. The third-order valence-corrected chi connectivity index (χ3v) is 2.54. The molecule has 1 aromatic carbocycles. The molecule has 0 amide bonds. The molecule has 1 aromatic rings. The van der Waals surface area contributed by atoms with Crippen molar-refractivity contribution in [2.45, 2.75) is 6.42 Å². The highest BCUT2D eigenvalue weighted by atomic mass is 16.5. The van der Waals surface area contributed by atoms with Crippen molar-refractivity contribution < 1.29 is 14.3 Å². The summed E-state index contributed by atoms with van der Waals surface area (Å²) in [5, 5.41) is 0. The van der Waals surface area contributed by atoms with Gasteiger partial charge in [-0.2, -0.15) is 0 Å². The van der Waals surface area contributed by atoms with Gasteiger partial charge in [0.25, 0.3) is 0 Å². The molecule has 1 atom stereocenters. The first kappa shape index (κ1) is 10.1. The summed E-state index contributed by atoms with van der Waals surface area (Å²) in [6.45, 7) is 0.671. The normalized spacial score (nSPS) is 21.3. The molecule has 3 nitrogen and oxygen atoms in total. The van der Waals surface area contributed by atoms with Crippen LogP contribution in [0, 0.1) is 5.92 Å². The summed E-state index contributed by atoms with van der Waals surface area (Å²) < 4.78 is 5.15. The smallest absolute Gasteiger partial charge is 0.175 e. The third-order valence-electron chi connectivity index (χ3n) is 2.54. The van der Waals surface area contributed by atoms with Gasteiger partial charge in [0.15, 0.2) is 5.78 Å². The lowest BCUT2D eigenvalue weighted by molar-refractivity contribution is -0.128. The van der Waals surface area contributed by atoms with Gasteiger partial charge in [0.1, 0.15) is 11.7 Å². The molecule has 2 rings (SSSR count). The van der Waals surface area contributed by atoms with Gasteiger partial charge in [-0.25, -0.2) is 0 Å². The fourth-order valence-electron chi connectivity index (χ4n) is 1.67. The summed E-state index contributed by atoms with van der Waals surface area (Å²) in [7, 11) is 0. The summed E-state index contributed by atoms with van der Waals surface area (Å²) in [6.07, 6.45) is 0.350. The Kier molecular flexibility index (Phi) is 2.92. The minimum absolute atomic E-state index is 0.00453. The average molecular weight is 204 g/mol. The van der Waals surface area contributed by atoms with Gasteiger partial charge in [-0.15, -0.1) is 0 Å². The molecule has 0 saturated carbocycles. The van der Waals surface area contributed by atoms with Crippen LogP contribution < -0.4 is 0 Å². The molecule has 78 valence electrons. The highest BCUT2D eigenvalue weighted by molar-refractivity contribution is 6.11. The summed E-state index contributed by atoms with van der Waals surface area (Å²) >= 11 is 0. The van der Waals surface area contributed by atoms with Gasteiger partial charge in [-0.1, -0.05) is 30.3 Å². The molecule has 0 bridgehead atoms. The quantitative estimate of drug-likeness (QED) is 0.541. The van der Waals surface area contributed by atoms with E-state index in [0.717, 1.165) is 0 Å². The molecule has 0 N–H and O–H groups in total. The molecule has 1 aliphatic heterocycles. The number of benzene rings is 1. The maximum absolute atomic E-state index is 11.9. The molecule has 3 heteroatoms. The summed E-state index contributed by atoms with van der Waals surface area (Å²) in [6, 6.07) is 8.88. The summed E-state index contributed by atoms with van der Waals surface area (Å²) in [5.74, 6) is -0.725. The van der Waals surface area contributed by atoms with E-state index >= 15 is 0 Å². The minimum Gasteiger partial charge on any atom is -0.380 e. The lowest BCUT2D eigenvalue weighted by Gasteiger charge is -2.19. The van der Waals surface area contributed by atoms with Crippen LogP contribution in [-0.2, 0) is 9.53 Å².